The quantitative estimate of drug-likeness (QED) is 0.681. The van der Waals surface area contributed by atoms with Crippen LogP contribution >= 0.6 is 11.8 Å². The van der Waals surface area contributed by atoms with E-state index in [1.54, 1.807) is 0 Å². The van der Waals surface area contributed by atoms with Crippen molar-refractivity contribution in [3.63, 3.8) is 0 Å². The zero-order valence-electron chi connectivity index (χ0n) is 12.4. The number of hydrogen-bond acceptors (Lipinski definition) is 4. The van der Waals surface area contributed by atoms with Gasteiger partial charge in [-0.05, 0) is 48.8 Å². The summed E-state index contributed by atoms with van der Waals surface area (Å²) in [4.78, 5) is 11.3. The number of rotatable bonds is 10. The van der Waals surface area contributed by atoms with Gasteiger partial charge in [0.25, 0.3) is 0 Å². The van der Waals surface area contributed by atoms with Crippen LogP contribution in [0.3, 0.4) is 0 Å². The first kappa shape index (κ1) is 17.9. The molecule has 1 aromatic rings. The fourth-order valence-corrected chi connectivity index (χ4v) is 3.15. The van der Waals surface area contributed by atoms with Crippen LogP contribution in [0.1, 0.15) is 12.8 Å². The van der Waals surface area contributed by atoms with Crippen molar-refractivity contribution in [3.8, 4) is 5.75 Å². The van der Waals surface area contributed by atoms with Crippen molar-refractivity contribution in [2.45, 2.75) is 25.0 Å². The van der Waals surface area contributed by atoms with Gasteiger partial charge in [-0.15, -0.1) is 0 Å². The summed E-state index contributed by atoms with van der Waals surface area (Å²) in [5.41, 5.74) is 5.23. The van der Waals surface area contributed by atoms with Crippen LogP contribution in [0.5, 0.6) is 5.75 Å². The highest BCUT2D eigenvalue weighted by Gasteiger charge is 2.33. The number of primary amides is 1. The number of carbonyl (C=O) groups is 1. The molecule has 128 valence electrons. The van der Waals surface area contributed by atoms with E-state index in [4.69, 9.17) is 5.73 Å². The number of thioether (sulfide) groups is 1. The second kappa shape index (κ2) is 7.92. The standard InChI is InChI=1S/C15H19F3N2O2S/c16-11-3-5-12(6-4-11)22-15(17,18)9-20-13(14(19)21)8-23-7-10-1-2-10/h3-6,10,13,20H,1-2,7-9H2,(H2,19,21). The molecule has 1 amide bonds. The molecule has 2 rings (SSSR count). The molecule has 1 aliphatic carbocycles. The highest BCUT2D eigenvalue weighted by molar-refractivity contribution is 7.99. The van der Waals surface area contributed by atoms with Crippen LogP contribution in [0.4, 0.5) is 13.2 Å². The van der Waals surface area contributed by atoms with E-state index < -0.39 is 30.4 Å². The minimum atomic E-state index is -3.54. The summed E-state index contributed by atoms with van der Waals surface area (Å²) < 4.78 is 44.8. The minimum absolute atomic E-state index is 0.156. The summed E-state index contributed by atoms with van der Waals surface area (Å²) in [6.07, 6.45) is -1.16. The summed E-state index contributed by atoms with van der Waals surface area (Å²) in [7, 11) is 0. The maximum Gasteiger partial charge on any atom is 0.410 e. The highest BCUT2D eigenvalue weighted by Crippen LogP contribution is 2.32. The van der Waals surface area contributed by atoms with Gasteiger partial charge in [0.05, 0.1) is 6.04 Å². The van der Waals surface area contributed by atoms with Crippen LogP contribution in [-0.4, -0.2) is 36.1 Å². The van der Waals surface area contributed by atoms with Crippen molar-refractivity contribution in [1.82, 2.24) is 5.32 Å². The van der Waals surface area contributed by atoms with Gasteiger partial charge in [-0.3, -0.25) is 10.1 Å². The molecule has 1 fully saturated rings. The Balaban J connectivity index is 1.79. The smallest absolute Gasteiger partial charge is 0.410 e. The van der Waals surface area contributed by atoms with Gasteiger partial charge in [-0.25, -0.2) is 4.39 Å². The SMILES string of the molecule is NC(=O)C(CSCC1CC1)NCC(F)(F)Oc1ccc(F)cc1. The first-order valence-electron chi connectivity index (χ1n) is 7.28. The van der Waals surface area contributed by atoms with E-state index in [1.165, 1.54) is 24.6 Å². The number of nitrogens with two attached hydrogens (primary N) is 1. The lowest BCUT2D eigenvalue weighted by Gasteiger charge is -2.21. The second-order valence-corrected chi connectivity index (χ2v) is 6.58. The normalized spacial score (nSPS) is 16.1. The first-order valence-corrected chi connectivity index (χ1v) is 8.44. The number of amides is 1. The molecule has 0 aromatic heterocycles. The maximum absolute atomic E-state index is 13.8. The Hall–Kier alpha value is -1.41. The number of nitrogens with one attached hydrogen (secondary N) is 1. The van der Waals surface area contributed by atoms with Crippen molar-refractivity contribution in [1.29, 1.82) is 0 Å². The van der Waals surface area contributed by atoms with E-state index >= 15 is 0 Å². The lowest BCUT2D eigenvalue weighted by molar-refractivity contribution is -0.172. The number of halogens is 3. The van der Waals surface area contributed by atoms with Crippen LogP contribution in [0.25, 0.3) is 0 Å². The van der Waals surface area contributed by atoms with E-state index in [-0.39, 0.29) is 5.75 Å². The van der Waals surface area contributed by atoms with Crippen molar-refractivity contribution in [2.24, 2.45) is 11.7 Å². The summed E-state index contributed by atoms with van der Waals surface area (Å²) in [5.74, 6) is 0.562. The van der Waals surface area contributed by atoms with Gasteiger partial charge in [0.15, 0.2) is 0 Å². The molecule has 0 heterocycles. The average Bonchev–Trinajstić information content (AvgIpc) is 3.28. The zero-order valence-corrected chi connectivity index (χ0v) is 13.3. The monoisotopic (exact) mass is 348 g/mol. The predicted octanol–water partition coefficient (Wildman–Crippen LogP) is 2.38. The third kappa shape index (κ3) is 6.70. The molecule has 4 nitrogen and oxygen atoms in total. The van der Waals surface area contributed by atoms with E-state index in [0.29, 0.717) is 11.7 Å². The summed E-state index contributed by atoms with van der Waals surface area (Å²) in [6.45, 7) is -0.859. The molecule has 23 heavy (non-hydrogen) atoms. The lowest BCUT2D eigenvalue weighted by atomic mass is 10.3. The van der Waals surface area contributed by atoms with Gasteiger partial charge >= 0.3 is 6.11 Å². The molecule has 1 atom stereocenters. The third-order valence-corrected chi connectivity index (χ3v) is 4.59. The van der Waals surface area contributed by atoms with Crippen molar-refractivity contribution in [2.75, 3.05) is 18.1 Å². The molecule has 0 saturated heterocycles. The molecule has 0 aliphatic heterocycles. The van der Waals surface area contributed by atoms with E-state index in [2.05, 4.69) is 10.1 Å². The van der Waals surface area contributed by atoms with Crippen LogP contribution in [0.2, 0.25) is 0 Å². The lowest BCUT2D eigenvalue weighted by Crippen LogP contribution is -2.49. The van der Waals surface area contributed by atoms with Crippen LogP contribution in [-0.2, 0) is 4.79 Å². The molecular weight excluding hydrogens is 329 g/mol. The summed E-state index contributed by atoms with van der Waals surface area (Å²) in [5, 5.41) is 2.44. The second-order valence-electron chi connectivity index (χ2n) is 5.51. The van der Waals surface area contributed by atoms with Gasteiger partial charge in [0.2, 0.25) is 5.91 Å². The van der Waals surface area contributed by atoms with Gasteiger partial charge in [-0.1, -0.05) is 0 Å². The van der Waals surface area contributed by atoms with Gasteiger partial charge in [0.1, 0.15) is 18.1 Å². The van der Waals surface area contributed by atoms with Gasteiger partial charge < -0.3 is 10.5 Å². The molecule has 0 radical (unpaired) electrons. The van der Waals surface area contributed by atoms with Crippen molar-refractivity contribution in [3.05, 3.63) is 30.1 Å². The van der Waals surface area contributed by atoms with Crippen molar-refractivity contribution >= 4 is 17.7 Å². The Morgan fingerprint density at radius 2 is 2.04 bits per heavy atom. The van der Waals surface area contributed by atoms with Gasteiger partial charge in [0, 0.05) is 5.75 Å². The largest absolute Gasteiger partial charge is 0.432 e. The minimum Gasteiger partial charge on any atom is -0.432 e. The fraction of sp³-hybridized carbons (Fsp3) is 0.533. The summed E-state index contributed by atoms with van der Waals surface area (Å²) >= 11 is 1.53. The van der Waals surface area contributed by atoms with Crippen LogP contribution < -0.4 is 15.8 Å². The third-order valence-electron chi connectivity index (χ3n) is 3.31. The molecule has 0 bridgehead atoms. The predicted molar refractivity (Wildman–Crippen MR) is 83.0 cm³/mol. The highest BCUT2D eigenvalue weighted by atomic mass is 32.2. The van der Waals surface area contributed by atoms with Crippen LogP contribution in [0, 0.1) is 11.7 Å². The Bertz CT molecular complexity index is 524. The number of hydrogen-bond donors (Lipinski definition) is 2. The van der Waals surface area contributed by atoms with E-state index in [9.17, 15) is 18.0 Å². The van der Waals surface area contributed by atoms with Crippen LogP contribution in [0.15, 0.2) is 24.3 Å². The molecule has 3 N–H and O–H groups in total. The Morgan fingerprint density at radius 3 is 2.61 bits per heavy atom. The molecule has 0 spiro atoms. The molecule has 1 aliphatic rings. The Labute approximate surface area is 136 Å². The van der Waals surface area contributed by atoms with Crippen molar-refractivity contribution < 1.29 is 22.7 Å². The molecule has 1 aromatic carbocycles. The zero-order chi connectivity index (χ0) is 16.9. The topological polar surface area (TPSA) is 64.4 Å². The average molecular weight is 348 g/mol. The number of carbonyl (C=O) groups excluding carboxylic acids is 1. The van der Waals surface area contributed by atoms with E-state index in [1.807, 2.05) is 0 Å². The Morgan fingerprint density at radius 1 is 1.39 bits per heavy atom. The maximum atomic E-state index is 13.8. The fourth-order valence-electron chi connectivity index (χ4n) is 1.83. The van der Waals surface area contributed by atoms with E-state index in [0.717, 1.165) is 30.0 Å². The Kier molecular flexibility index (Phi) is 6.17. The molecule has 1 unspecified atom stereocenters. The first-order chi connectivity index (χ1) is 10.9. The number of ether oxygens (including phenoxy) is 1. The van der Waals surface area contributed by atoms with Gasteiger partial charge in [-0.2, -0.15) is 20.5 Å². The number of benzene rings is 1. The molecule has 1 saturated carbocycles. The molecule has 8 heteroatoms. The summed E-state index contributed by atoms with van der Waals surface area (Å²) in [6, 6.07) is 3.43. The number of alkyl halides is 2. The molecular formula is C15H19F3N2O2S.